The van der Waals surface area contributed by atoms with Crippen LogP contribution in [0.3, 0.4) is 0 Å². The SMILES string of the molecule is CCN(CC)C(=O)c1ccc(NC(=O)COC(=O)c2cc3ccccc3[nH]2)cc1. The number of carbonyl (C=O) groups excluding carboxylic acids is 3. The molecule has 2 N–H and O–H groups in total. The van der Waals surface area contributed by atoms with Gasteiger partial charge in [-0.15, -0.1) is 0 Å². The molecule has 0 spiro atoms. The van der Waals surface area contributed by atoms with Gasteiger partial charge in [0.05, 0.1) is 0 Å². The maximum Gasteiger partial charge on any atom is 0.355 e. The Morgan fingerprint density at radius 2 is 1.69 bits per heavy atom. The quantitative estimate of drug-likeness (QED) is 0.602. The van der Waals surface area contributed by atoms with Crippen molar-refractivity contribution >= 4 is 34.4 Å². The first-order chi connectivity index (χ1) is 14.0. The summed E-state index contributed by atoms with van der Waals surface area (Å²) in [6.07, 6.45) is 0. The van der Waals surface area contributed by atoms with Crippen LogP contribution in [0.1, 0.15) is 34.7 Å². The van der Waals surface area contributed by atoms with Gasteiger partial charge in [-0.1, -0.05) is 18.2 Å². The fourth-order valence-corrected chi connectivity index (χ4v) is 2.98. The molecule has 7 nitrogen and oxygen atoms in total. The molecule has 29 heavy (non-hydrogen) atoms. The van der Waals surface area contributed by atoms with Gasteiger partial charge in [0.15, 0.2) is 6.61 Å². The highest BCUT2D eigenvalue weighted by Crippen LogP contribution is 2.15. The molecule has 0 bridgehead atoms. The third-order valence-corrected chi connectivity index (χ3v) is 4.55. The minimum Gasteiger partial charge on any atom is -0.451 e. The van der Waals surface area contributed by atoms with Crippen molar-refractivity contribution in [2.24, 2.45) is 0 Å². The molecule has 150 valence electrons. The molecule has 2 aromatic carbocycles. The smallest absolute Gasteiger partial charge is 0.355 e. The summed E-state index contributed by atoms with van der Waals surface area (Å²) in [5.41, 5.74) is 2.19. The van der Waals surface area contributed by atoms with E-state index < -0.39 is 18.5 Å². The Morgan fingerprint density at radius 1 is 1.00 bits per heavy atom. The predicted molar refractivity (Wildman–Crippen MR) is 111 cm³/mol. The van der Waals surface area contributed by atoms with Crippen molar-refractivity contribution in [3.63, 3.8) is 0 Å². The number of aromatic nitrogens is 1. The average molecular weight is 393 g/mol. The van der Waals surface area contributed by atoms with Gasteiger partial charge >= 0.3 is 5.97 Å². The highest BCUT2D eigenvalue weighted by atomic mass is 16.5. The summed E-state index contributed by atoms with van der Waals surface area (Å²) >= 11 is 0. The zero-order valence-electron chi connectivity index (χ0n) is 16.4. The Balaban J connectivity index is 1.53. The molecule has 0 fully saturated rings. The van der Waals surface area contributed by atoms with Crippen LogP contribution in [0, 0.1) is 0 Å². The topological polar surface area (TPSA) is 91.5 Å². The lowest BCUT2D eigenvalue weighted by molar-refractivity contribution is -0.119. The number of rotatable bonds is 7. The number of amides is 2. The minimum absolute atomic E-state index is 0.0554. The number of hydrogen-bond donors (Lipinski definition) is 2. The van der Waals surface area contributed by atoms with Crippen molar-refractivity contribution < 1.29 is 19.1 Å². The highest BCUT2D eigenvalue weighted by molar-refractivity contribution is 5.98. The van der Waals surface area contributed by atoms with Crippen molar-refractivity contribution in [3.05, 3.63) is 65.9 Å². The van der Waals surface area contributed by atoms with Crippen LogP contribution < -0.4 is 5.32 Å². The van der Waals surface area contributed by atoms with Crippen molar-refractivity contribution in [1.29, 1.82) is 0 Å². The number of anilines is 1. The molecule has 0 unspecified atom stereocenters. The molecule has 3 rings (SSSR count). The van der Waals surface area contributed by atoms with Crippen LogP contribution in [-0.4, -0.2) is 47.4 Å². The predicted octanol–water partition coefficient (Wildman–Crippen LogP) is 3.45. The molecule has 1 heterocycles. The van der Waals surface area contributed by atoms with E-state index in [2.05, 4.69) is 10.3 Å². The van der Waals surface area contributed by atoms with E-state index in [1.165, 1.54) is 0 Å². The second kappa shape index (κ2) is 9.05. The van der Waals surface area contributed by atoms with E-state index in [4.69, 9.17) is 4.74 Å². The number of hydrogen-bond acceptors (Lipinski definition) is 4. The number of esters is 1. The summed E-state index contributed by atoms with van der Waals surface area (Å²) < 4.78 is 5.07. The number of benzene rings is 2. The molecule has 0 aliphatic rings. The fraction of sp³-hybridized carbons (Fsp3) is 0.227. The summed E-state index contributed by atoms with van der Waals surface area (Å²) in [6, 6.07) is 15.8. The van der Waals surface area contributed by atoms with Crippen LogP contribution in [0.4, 0.5) is 5.69 Å². The summed E-state index contributed by atoms with van der Waals surface area (Å²) in [5.74, 6) is -1.12. The van der Waals surface area contributed by atoms with Crippen LogP contribution in [0.2, 0.25) is 0 Å². The van der Waals surface area contributed by atoms with E-state index in [1.54, 1.807) is 35.2 Å². The molecule has 0 aliphatic heterocycles. The van der Waals surface area contributed by atoms with Crippen molar-refractivity contribution in [1.82, 2.24) is 9.88 Å². The van der Waals surface area contributed by atoms with Crippen LogP contribution in [0.15, 0.2) is 54.6 Å². The van der Waals surface area contributed by atoms with E-state index in [0.29, 0.717) is 30.0 Å². The van der Waals surface area contributed by atoms with Gasteiger partial charge in [-0.2, -0.15) is 0 Å². The first-order valence-electron chi connectivity index (χ1n) is 9.46. The molecule has 0 radical (unpaired) electrons. The summed E-state index contributed by atoms with van der Waals surface area (Å²) in [6.45, 7) is 4.71. The standard InChI is InChI=1S/C22H23N3O4/c1-3-25(4-2)21(27)15-9-11-17(12-10-15)23-20(26)14-29-22(28)19-13-16-7-5-6-8-18(16)24-19/h5-13,24H,3-4,14H2,1-2H3,(H,23,26). The molecule has 0 saturated heterocycles. The van der Waals surface area contributed by atoms with Crippen LogP contribution in [0.25, 0.3) is 10.9 Å². The van der Waals surface area contributed by atoms with Crippen molar-refractivity contribution in [3.8, 4) is 0 Å². The van der Waals surface area contributed by atoms with Gasteiger partial charge in [-0.05, 0) is 50.2 Å². The monoisotopic (exact) mass is 393 g/mol. The number of fused-ring (bicyclic) bond motifs is 1. The molecule has 3 aromatic rings. The second-order valence-electron chi connectivity index (χ2n) is 6.45. The Labute approximate surface area is 168 Å². The summed E-state index contributed by atoms with van der Waals surface area (Å²) in [5, 5.41) is 3.54. The molecule has 2 amide bonds. The average Bonchev–Trinajstić information content (AvgIpc) is 3.18. The van der Waals surface area contributed by atoms with E-state index in [1.807, 2.05) is 38.1 Å². The molecule has 0 aliphatic carbocycles. The third kappa shape index (κ3) is 4.82. The Hall–Kier alpha value is -3.61. The highest BCUT2D eigenvalue weighted by Gasteiger charge is 2.14. The lowest BCUT2D eigenvalue weighted by atomic mass is 10.2. The number of H-pyrrole nitrogens is 1. The molecule has 1 aromatic heterocycles. The van der Waals surface area contributed by atoms with E-state index in [9.17, 15) is 14.4 Å². The molecular formula is C22H23N3O4. The molecule has 7 heteroatoms. The molecule has 0 saturated carbocycles. The molecule has 0 atom stereocenters. The number of para-hydroxylation sites is 1. The van der Waals surface area contributed by atoms with Gasteiger partial charge in [0.2, 0.25) is 0 Å². The van der Waals surface area contributed by atoms with Gasteiger partial charge in [0, 0.05) is 35.2 Å². The lowest BCUT2D eigenvalue weighted by Gasteiger charge is -2.18. The van der Waals surface area contributed by atoms with Gasteiger partial charge in [-0.3, -0.25) is 9.59 Å². The third-order valence-electron chi connectivity index (χ3n) is 4.55. The van der Waals surface area contributed by atoms with Crippen LogP contribution >= 0.6 is 0 Å². The first-order valence-corrected chi connectivity index (χ1v) is 9.46. The zero-order chi connectivity index (χ0) is 20.8. The number of nitrogens with zero attached hydrogens (tertiary/aromatic N) is 1. The van der Waals surface area contributed by atoms with Gasteiger partial charge in [0.1, 0.15) is 5.69 Å². The maximum atomic E-state index is 12.3. The molecular weight excluding hydrogens is 370 g/mol. The number of aromatic amines is 1. The Morgan fingerprint density at radius 3 is 2.34 bits per heavy atom. The first kappa shape index (κ1) is 20.1. The van der Waals surface area contributed by atoms with Crippen LogP contribution in [0.5, 0.6) is 0 Å². The largest absolute Gasteiger partial charge is 0.451 e. The number of ether oxygens (including phenoxy) is 1. The van der Waals surface area contributed by atoms with Crippen LogP contribution in [-0.2, 0) is 9.53 Å². The van der Waals surface area contributed by atoms with E-state index in [0.717, 1.165) is 10.9 Å². The van der Waals surface area contributed by atoms with E-state index >= 15 is 0 Å². The van der Waals surface area contributed by atoms with E-state index in [-0.39, 0.29) is 5.91 Å². The number of nitrogens with one attached hydrogen (secondary N) is 2. The number of carbonyl (C=O) groups is 3. The lowest BCUT2D eigenvalue weighted by Crippen LogP contribution is -2.30. The summed E-state index contributed by atoms with van der Waals surface area (Å²) in [7, 11) is 0. The minimum atomic E-state index is -0.600. The normalized spacial score (nSPS) is 10.6. The second-order valence-corrected chi connectivity index (χ2v) is 6.45. The zero-order valence-corrected chi connectivity index (χ0v) is 16.4. The fourth-order valence-electron chi connectivity index (χ4n) is 2.98. The summed E-state index contributed by atoms with van der Waals surface area (Å²) in [4.78, 5) is 41.2. The van der Waals surface area contributed by atoms with Gasteiger partial charge in [0.25, 0.3) is 11.8 Å². The van der Waals surface area contributed by atoms with Gasteiger partial charge < -0.3 is 19.9 Å². The maximum absolute atomic E-state index is 12.3. The van der Waals surface area contributed by atoms with Crippen molar-refractivity contribution in [2.45, 2.75) is 13.8 Å². The Bertz CT molecular complexity index is 987. The Kier molecular flexibility index (Phi) is 6.29. The van der Waals surface area contributed by atoms with Gasteiger partial charge in [-0.25, -0.2) is 4.79 Å². The van der Waals surface area contributed by atoms with Crippen molar-refractivity contribution in [2.75, 3.05) is 25.0 Å².